The summed E-state index contributed by atoms with van der Waals surface area (Å²) in [5.41, 5.74) is 2.54. The van der Waals surface area contributed by atoms with Crippen LogP contribution in [0, 0.1) is 0 Å². The molecule has 0 saturated heterocycles. The first-order chi connectivity index (χ1) is 9.38. The molecule has 0 radical (unpaired) electrons. The molecule has 0 amide bonds. The standard InChI is InChI=1S/C12H10.C7H16/c1-3-7-11-9-5-2-6-10-12(11)8-4-1;1-3-5-7-6-4-2/h1-10H;3-7H2,1-2H3. The van der Waals surface area contributed by atoms with Crippen LogP contribution in [-0.4, -0.2) is 0 Å². The quantitative estimate of drug-likeness (QED) is 0.534. The van der Waals surface area contributed by atoms with Crippen molar-refractivity contribution in [1.29, 1.82) is 0 Å². The van der Waals surface area contributed by atoms with Gasteiger partial charge < -0.3 is 0 Å². The van der Waals surface area contributed by atoms with E-state index in [0.29, 0.717) is 0 Å². The van der Waals surface area contributed by atoms with Crippen LogP contribution >= 0.6 is 0 Å². The lowest BCUT2D eigenvalue weighted by atomic mass is 10.1. The van der Waals surface area contributed by atoms with Crippen LogP contribution in [0.3, 0.4) is 0 Å². The Hall–Kier alpha value is -1.56. The van der Waals surface area contributed by atoms with Gasteiger partial charge in [0.25, 0.3) is 0 Å². The lowest BCUT2D eigenvalue weighted by molar-refractivity contribution is 0.656. The van der Waals surface area contributed by atoms with Gasteiger partial charge in [-0.3, -0.25) is 0 Å². The maximum absolute atomic E-state index is 2.25. The van der Waals surface area contributed by atoms with Crippen LogP contribution in [-0.2, 0) is 0 Å². The van der Waals surface area contributed by atoms with Gasteiger partial charge in [-0.1, -0.05) is 107 Å². The van der Waals surface area contributed by atoms with Crippen molar-refractivity contribution in [3.63, 3.8) is 0 Å². The molecule has 0 heteroatoms. The van der Waals surface area contributed by atoms with E-state index < -0.39 is 0 Å². The van der Waals surface area contributed by atoms with Crippen molar-refractivity contribution in [2.75, 3.05) is 0 Å². The molecule has 0 unspecified atom stereocenters. The minimum absolute atomic E-state index is 1.27. The zero-order valence-corrected chi connectivity index (χ0v) is 12.3. The lowest BCUT2D eigenvalue weighted by Gasteiger charge is -1.98. The summed E-state index contributed by atoms with van der Waals surface area (Å²) in [6, 6.07) is 0. The van der Waals surface area contributed by atoms with Gasteiger partial charge in [-0.25, -0.2) is 0 Å². The average Bonchev–Trinajstić information content (AvgIpc) is 2.76. The van der Waals surface area contributed by atoms with E-state index in [9.17, 15) is 0 Å². The van der Waals surface area contributed by atoms with E-state index in [1.54, 1.807) is 0 Å². The highest BCUT2D eigenvalue weighted by molar-refractivity contribution is 5.53. The third-order valence-corrected chi connectivity index (χ3v) is 3.09. The van der Waals surface area contributed by atoms with Crippen LogP contribution in [0.2, 0.25) is 0 Å². The van der Waals surface area contributed by atoms with Gasteiger partial charge in [0.15, 0.2) is 0 Å². The molecule has 102 valence electrons. The van der Waals surface area contributed by atoms with Gasteiger partial charge in [-0.2, -0.15) is 0 Å². The number of fused-ring (bicyclic) bond motifs is 1. The van der Waals surface area contributed by atoms with Gasteiger partial charge in [0.2, 0.25) is 0 Å². The van der Waals surface area contributed by atoms with Crippen LogP contribution in [0.1, 0.15) is 46.0 Å². The maximum atomic E-state index is 2.25. The van der Waals surface area contributed by atoms with Crippen molar-refractivity contribution in [2.45, 2.75) is 46.0 Å². The van der Waals surface area contributed by atoms with Crippen LogP contribution in [0.4, 0.5) is 0 Å². The fraction of sp³-hybridized carbons (Fsp3) is 0.368. The second-order valence-electron chi connectivity index (χ2n) is 4.79. The number of unbranched alkanes of at least 4 members (excludes halogenated alkanes) is 4. The smallest absolute Gasteiger partial charge is 0.0184 e. The monoisotopic (exact) mass is 254 g/mol. The van der Waals surface area contributed by atoms with Gasteiger partial charge >= 0.3 is 0 Å². The second-order valence-corrected chi connectivity index (χ2v) is 4.79. The Kier molecular flexibility index (Phi) is 8.46. The van der Waals surface area contributed by atoms with Crippen molar-refractivity contribution in [3.05, 3.63) is 71.9 Å². The van der Waals surface area contributed by atoms with Gasteiger partial charge in [0.05, 0.1) is 0 Å². The predicted octanol–water partition coefficient (Wildman–Crippen LogP) is 6.07. The lowest BCUT2D eigenvalue weighted by Crippen LogP contribution is -1.79. The molecule has 0 spiro atoms. The van der Waals surface area contributed by atoms with E-state index in [1.165, 1.54) is 43.3 Å². The highest BCUT2D eigenvalue weighted by atomic mass is 14.0. The molecule has 0 heterocycles. The SMILES string of the molecule is C1=CC=C2C=CC=CC=C2C=C1.CCCCCCC. The Bertz CT molecular complexity index is 371. The van der Waals surface area contributed by atoms with Crippen molar-refractivity contribution >= 4 is 0 Å². The molecule has 0 aromatic carbocycles. The summed E-state index contributed by atoms with van der Waals surface area (Å²) in [6.45, 7) is 4.49. The van der Waals surface area contributed by atoms with E-state index in [-0.39, 0.29) is 0 Å². The van der Waals surface area contributed by atoms with Gasteiger partial charge in [0.1, 0.15) is 0 Å². The predicted molar refractivity (Wildman–Crippen MR) is 87.2 cm³/mol. The maximum Gasteiger partial charge on any atom is -0.0184 e. The van der Waals surface area contributed by atoms with Crippen LogP contribution in [0.25, 0.3) is 0 Å². The molecular weight excluding hydrogens is 228 g/mol. The fourth-order valence-corrected chi connectivity index (χ4v) is 1.94. The first-order valence-electron chi connectivity index (χ1n) is 7.49. The third kappa shape index (κ3) is 6.81. The van der Waals surface area contributed by atoms with Crippen molar-refractivity contribution in [2.24, 2.45) is 0 Å². The summed E-state index contributed by atoms with van der Waals surface area (Å²) in [7, 11) is 0. The normalized spacial score (nSPS) is 15.7. The Morgan fingerprint density at radius 3 is 1.47 bits per heavy atom. The Morgan fingerprint density at radius 1 is 0.579 bits per heavy atom. The summed E-state index contributed by atoms with van der Waals surface area (Å²) in [4.78, 5) is 0. The van der Waals surface area contributed by atoms with Crippen LogP contribution in [0.5, 0.6) is 0 Å². The molecular formula is C19H26. The van der Waals surface area contributed by atoms with Crippen LogP contribution in [0.15, 0.2) is 71.9 Å². The highest BCUT2D eigenvalue weighted by Crippen LogP contribution is 2.18. The summed E-state index contributed by atoms with van der Waals surface area (Å²) in [5.74, 6) is 0. The van der Waals surface area contributed by atoms with E-state index in [2.05, 4.69) is 62.5 Å². The van der Waals surface area contributed by atoms with Crippen molar-refractivity contribution in [3.8, 4) is 0 Å². The topological polar surface area (TPSA) is 0 Å². The number of rotatable bonds is 4. The number of hydrogen-bond donors (Lipinski definition) is 0. The molecule has 0 bridgehead atoms. The highest BCUT2D eigenvalue weighted by Gasteiger charge is 1.98. The largest absolute Gasteiger partial charge is 0.0654 e. The average molecular weight is 254 g/mol. The number of hydrogen-bond acceptors (Lipinski definition) is 0. The van der Waals surface area contributed by atoms with Gasteiger partial charge in [-0.15, -0.1) is 0 Å². The molecule has 0 atom stereocenters. The Labute approximate surface area is 118 Å². The fourth-order valence-electron chi connectivity index (χ4n) is 1.94. The van der Waals surface area contributed by atoms with Crippen molar-refractivity contribution < 1.29 is 0 Å². The summed E-state index contributed by atoms with van der Waals surface area (Å²) >= 11 is 0. The first kappa shape index (κ1) is 15.5. The minimum Gasteiger partial charge on any atom is -0.0654 e. The van der Waals surface area contributed by atoms with Gasteiger partial charge in [0, 0.05) is 0 Å². The van der Waals surface area contributed by atoms with E-state index in [4.69, 9.17) is 0 Å². The molecule has 0 aliphatic heterocycles. The third-order valence-electron chi connectivity index (χ3n) is 3.09. The summed E-state index contributed by atoms with van der Waals surface area (Å²) in [5, 5.41) is 0. The molecule has 0 aromatic rings. The summed E-state index contributed by atoms with van der Waals surface area (Å²) < 4.78 is 0. The van der Waals surface area contributed by atoms with Crippen molar-refractivity contribution in [1.82, 2.24) is 0 Å². The van der Waals surface area contributed by atoms with E-state index in [0.717, 1.165) is 0 Å². The van der Waals surface area contributed by atoms with Gasteiger partial charge in [-0.05, 0) is 11.1 Å². The molecule has 19 heavy (non-hydrogen) atoms. The summed E-state index contributed by atoms with van der Waals surface area (Å²) in [6.07, 6.45) is 27.8. The zero-order chi connectivity index (χ0) is 13.8. The molecule has 2 aliphatic rings. The minimum atomic E-state index is 1.27. The molecule has 2 aliphatic carbocycles. The molecule has 2 rings (SSSR count). The first-order valence-corrected chi connectivity index (χ1v) is 7.49. The zero-order valence-electron chi connectivity index (χ0n) is 12.3. The molecule has 0 nitrogen and oxygen atoms in total. The molecule has 0 N–H and O–H groups in total. The number of allylic oxidation sites excluding steroid dienone is 12. The second kappa shape index (κ2) is 10.4. The Balaban J connectivity index is 0.000000224. The molecule has 0 saturated carbocycles. The van der Waals surface area contributed by atoms with Crippen LogP contribution < -0.4 is 0 Å². The van der Waals surface area contributed by atoms with E-state index >= 15 is 0 Å². The van der Waals surface area contributed by atoms with E-state index in [1.807, 2.05) is 12.2 Å². The molecule has 0 aromatic heterocycles. The Morgan fingerprint density at radius 2 is 1.05 bits per heavy atom. The molecule has 0 fully saturated rings.